The number of amides is 1. The standard InChI is InChI=1S/C22H17N3O4/c1-3-13-6-7-16-15(10-13)20(26)18-19(14-5-4-8-23-11-14)25(22(27)21(18)28-16)17-9-12(2)29-24-17/h4-11,19H,3H2,1-2H3/t19-/m0/s1. The van der Waals surface area contributed by atoms with Gasteiger partial charge in [-0.15, -0.1) is 0 Å². The van der Waals surface area contributed by atoms with Crippen molar-refractivity contribution in [3.63, 3.8) is 0 Å². The maximum absolute atomic E-state index is 13.5. The summed E-state index contributed by atoms with van der Waals surface area (Å²) < 4.78 is 11.1. The van der Waals surface area contributed by atoms with Gasteiger partial charge in [0.05, 0.1) is 17.0 Å². The van der Waals surface area contributed by atoms with Crippen LogP contribution in [0.3, 0.4) is 0 Å². The minimum atomic E-state index is -0.693. The summed E-state index contributed by atoms with van der Waals surface area (Å²) in [5.74, 6) is 0.484. The van der Waals surface area contributed by atoms with Crippen LogP contribution in [-0.2, 0) is 6.42 Å². The molecule has 144 valence electrons. The smallest absolute Gasteiger partial charge is 0.296 e. The van der Waals surface area contributed by atoms with Crippen LogP contribution < -0.4 is 10.3 Å². The molecule has 3 aromatic heterocycles. The lowest BCUT2D eigenvalue weighted by molar-refractivity contribution is 0.0969. The predicted octanol–water partition coefficient (Wildman–Crippen LogP) is 3.80. The molecule has 4 aromatic rings. The first-order valence-electron chi connectivity index (χ1n) is 9.35. The van der Waals surface area contributed by atoms with Crippen LogP contribution in [0.25, 0.3) is 11.0 Å². The molecule has 0 bridgehead atoms. The van der Waals surface area contributed by atoms with E-state index in [0.717, 1.165) is 12.0 Å². The minimum absolute atomic E-state index is 0.0289. The van der Waals surface area contributed by atoms with Crippen molar-refractivity contribution in [2.24, 2.45) is 0 Å². The first kappa shape index (κ1) is 17.4. The number of aromatic nitrogens is 2. The van der Waals surface area contributed by atoms with Gasteiger partial charge in [-0.05, 0) is 42.7 Å². The average molecular weight is 387 g/mol. The number of anilines is 1. The highest BCUT2D eigenvalue weighted by Crippen LogP contribution is 2.40. The molecule has 0 saturated heterocycles. The van der Waals surface area contributed by atoms with Crippen LogP contribution >= 0.6 is 0 Å². The minimum Gasteiger partial charge on any atom is -0.450 e. The fourth-order valence-corrected chi connectivity index (χ4v) is 3.80. The summed E-state index contributed by atoms with van der Waals surface area (Å²) in [7, 11) is 0. The molecule has 5 rings (SSSR count). The molecule has 0 fully saturated rings. The SMILES string of the molecule is CCc1ccc2oc3c(c(=O)c2c1)[C@H](c1cccnc1)N(c1cc(C)on1)C3=O. The highest BCUT2D eigenvalue weighted by molar-refractivity contribution is 6.10. The van der Waals surface area contributed by atoms with Gasteiger partial charge in [0.1, 0.15) is 11.3 Å². The van der Waals surface area contributed by atoms with Crippen molar-refractivity contribution in [3.05, 3.63) is 87.2 Å². The molecule has 29 heavy (non-hydrogen) atoms. The molecule has 7 heteroatoms. The van der Waals surface area contributed by atoms with Crippen molar-refractivity contribution in [1.29, 1.82) is 0 Å². The van der Waals surface area contributed by atoms with E-state index in [1.54, 1.807) is 37.5 Å². The molecular weight excluding hydrogens is 370 g/mol. The number of pyridine rings is 1. The summed E-state index contributed by atoms with van der Waals surface area (Å²) in [6, 6.07) is 10.0. The molecule has 1 atom stereocenters. The molecule has 1 amide bonds. The van der Waals surface area contributed by atoms with Crippen molar-refractivity contribution in [2.45, 2.75) is 26.3 Å². The second-order valence-electron chi connectivity index (χ2n) is 7.02. The third-order valence-corrected chi connectivity index (χ3v) is 5.21. The van der Waals surface area contributed by atoms with E-state index in [1.165, 1.54) is 4.90 Å². The normalized spacial score (nSPS) is 15.9. The van der Waals surface area contributed by atoms with E-state index in [2.05, 4.69) is 10.1 Å². The topological polar surface area (TPSA) is 89.4 Å². The third-order valence-electron chi connectivity index (χ3n) is 5.21. The highest BCUT2D eigenvalue weighted by Gasteiger charge is 2.45. The number of rotatable bonds is 3. The second kappa shape index (κ2) is 6.41. The number of benzene rings is 1. The van der Waals surface area contributed by atoms with Gasteiger partial charge in [0.25, 0.3) is 5.91 Å². The van der Waals surface area contributed by atoms with E-state index in [0.29, 0.717) is 33.7 Å². The van der Waals surface area contributed by atoms with Gasteiger partial charge in [-0.3, -0.25) is 19.5 Å². The Balaban J connectivity index is 1.82. The third kappa shape index (κ3) is 2.58. The lowest BCUT2D eigenvalue weighted by Gasteiger charge is -2.21. The zero-order valence-electron chi connectivity index (χ0n) is 15.9. The predicted molar refractivity (Wildman–Crippen MR) is 106 cm³/mol. The van der Waals surface area contributed by atoms with Crippen molar-refractivity contribution in [2.75, 3.05) is 4.90 Å². The van der Waals surface area contributed by atoms with Crippen molar-refractivity contribution in [1.82, 2.24) is 10.1 Å². The molecule has 4 heterocycles. The molecule has 1 aliphatic heterocycles. The molecule has 7 nitrogen and oxygen atoms in total. The van der Waals surface area contributed by atoms with Gasteiger partial charge in [0, 0.05) is 18.5 Å². The summed E-state index contributed by atoms with van der Waals surface area (Å²) in [5.41, 5.74) is 2.18. The number of hydrogen-bond acceptors (Lipinski definition) is 6. The van der Waals surface area contributed by atoms with Crippen LogP contribution in [-0.4, -0.2) is 16.0 Å². The summed E-state index contributed by atoms with van der Waals surface area (Å²) in [6.45, 7) is 3.76. The Kier molecular flexibility index (Phi) is 3.84. The summed E-state index contributed by atoms with van der Waals surface area (Å²) in [4.78, 5) is 32.4. The van der Waals surface area contributed by atoms with E-state index in [1.807, 2.05) is 25.1 Å². The number of fused-ring (bicyclic) bond motifs is 2. The molecule has 0 spiro atoms. The Labute approximate surface area is 165 Å². The molecule has 0 aliphatic carbocycles. The monoisotopic (exact) mass is 387 g/mol. The lowest BCUT2D eigenvalue weighted by atomic mass is 9.99. The van der Waals surface area contributed by atoms with E-state index in [4.69, 9.17) is 8.94 Å². The van der Waals surface area contributed by atoms with E-state index < -0.39 is 11.9 Å². The van der Waals surface area contributed by atoms with Gasteiger partial charge in [-0.2, -0.15) is 0 Å². The lowest BCUT2D eigenvalue weighted by Crippen LogP contribution is -2.29. The molecule has 0 radical (unpaired) electrons. The Morgan fingerprint density at radius 2 is 2.03 bits per heavy atom. The number of carbonyl (C=O) groups is 1. The Hall–Kier alpha value is -3.74. The Morgan fingerprint density at radius 3 is 2.72 bits per heavy atom. The largest absolute Gasteiger partial charge is 0.450 e. The average Bonchev–Trinajstić information content (AvgIpc) is 3.30. The van der Waals surface area contributed by atoms with Gasteiger partial charge in [0.15, 0.2) is 11.2 Å². The van der Waals surface area contributed by atoms with Crippen molar-refractivity contribution < 1.29 is 13.7 Å². The highest BCUT2D eigenvalue weighted by atomic mass is 16.5. The van der Waals surface area contributed by atoms with E-state index >= 15 is 0 Å². The first-order valence-corrected chi connectivity index (χ1v) is 9.35. The first-order chi connectivity index (χ1) is 14.1. The van der Waals surface area contributed by atoms with Crippen molar-refractivity contribution in [3.8, 4) is 0 Å². The van der Waals surface area contributed by atoms with Gasteiger partial charge in [0.2, 0.25) is 5.76 Å². The zero-order chi connectivity index (χ0) is 20.1. The van der Waals surface area contributed by atoms with Gasteiger partial charge >= 0.3 is 0 Å². The van der Waals surface area contributed by atoms with Crippen molar-refractivity contribution >= 4 is 22.7 Å². The van der Waals surface area contributed by atoms with E-state index in [9.17, 15) is 9.59 Å². The molecule has 0 unspecified atom stereocenters. The number of nitrogens with zero attached hydrogens (tertiary/aromatic N) is 3. The van der Waals surface area contributed by atoms with Gasteiger partial charge < -0.3 is 8.94 Å². The fourth-order valence-electron chi connectivity index (χ4n) is 3.80. The summed E-state index contributed by atoms with van der Waals surface area (Å²) >= 11 is 0. The fraction of sp³-hybridized carbons (Fsp3) is 0.182. The van der Waals surface area contributed by atoms with E-state index in [-0.39, 0.29) is 11.2 Å². The van der Waals surface area contributed by atoms with Gasteiger partial charge in [-0.1, -0.05) is 24.2 Å². The molecule has 0 saturated carbocycles. The van der Waals surface area contributed by atoms with Crippen LogP contribution in [0, 0.1) is 6.92 Å². The van der Waals surface area contributed by atoms with Crippen LogP contribution in [0.1, 0.15) is 46.0 Å². The Morgan fingerprint density at radius 1 is 1.17 bits per heavy atom. The molecule has 0 N–H and O–H groups in total. The van der Waals surface area contributed by atoms with Crippen LogP contribution in [0.5, 0.6) is 0 Å². The maximum atomic E-state index is 13.5. The number of carbonyl (C=O) groups excluding carboxylic acids is 1. The summed E-state index contributed by atoms with van der Waals surface area (Å²) in [6.07, 6.45) is 4.07. The van der Waals surface area contributed by atoms with Crippen LogP contribution in [0.2, 0.25) is 0 Å². The van der Waals surface area contributed by atoms with Crippen LogP contribution in [0.4, 0.5) is 5.82 Å². The Bertz CT molecular complexity index is 1310. The van der Waals surface area contributed by atoms with Crippen LogP contribution in [0.15, 0.2) is 62.5 Å². The molecule has 1 aromatic carbocycles. The summed E-state index contributed by atoms with van der Waals surface area (Å²) in [5, 5.41) is 4.46. The maximum Gasteiger partial charge on any atom is 0.296 e. The quantitative estimate of drug-likeness (QED) is 0.531. The number of aryl methyl sites for hydroxylation is 2. The van der Waals surface area contributed by atoms with Gasteiger partial charge in [-0.25, -0.2) is 0 Å². The zero-order valence-corrected chi connectivity index (χ0v) is 15.9. The molecular formula is C22H17N3O4. The number of hydrogen-bond donors (Lipinski definition) is 0. The molecule has 1 aliphatic rings. The second-order valence-corrected chi connectivity index (χ2v) is 7.02.